The van der Waals surface area contributed by atoms with Crippen LogP contribution in [0.15, 0.2) is 42.6 Å². The highest BCUT2D eigenvalue weighted by Gasteiger charge is 2.06. The van der Waals surface area contributed by atoms with Gasteiger partial charge in [0, 0.05) is 17.8 Å². The van der Waals surface area contributed by atoms with E-state index in [4.69, 9.17) is 18.0 Å². The number of anilines is 1. The summed E-state index contributed by atoms with van der Waals surface area (Å²) in [6.45, 7) is 2.04. The van der Waals surface area contributed by atoms with Crippen molar-refractivity contribution >= 4 is 23.0 Å². The topological polar surface area (TPSA) is 50.9 Å². The summed E-state index contributed by atoms with van der Waals surface area (Å²) in [5, 5.41) is 3.28. The van der Waals surface area contributed by atoms with Gasteiger partial charge in [-0.2, -0.15) is 0 Å². The molecule has 0 aliphatic carbocycles. The van der Waals surface area contributed by atoms with E-state index in [9.17, 15) is 4.39 Å². The fraction of sp³-hybridized carbons (Fsp3) is 0.200. The molecule has 0 aliphatic heterocycles. The molecule has 0 radical (unpaired) electrons. The summed E-state index contributed by atoms with van der Waals surface area (Å²) in [7, 11) is 0. The monoisotopic (exact) mass is 289 g/mol. The second-order valence-electron chi connectivity index (χ2n) is 4.67. The number of aromatic nitrogens is 1. The first kappa shape index (κ1) is 14.4. The number of hydrogen-bond acceptors (Lipinski definition) is 3. The molecule has 1 aromatic carbocycles. The summed E-state index contributed by atoms with van der Waals surface area (Å²) < 4.78 is 12.8. The summed E-state index contributed by atoms with van der Waals surface area (Å²) in [5.41, 5.74) is 7.44. The molecule has 0 saturated heterocycles. The molecule has 104 valence electrons. The van der Waals surface area contributed by atoms with E-state index in [0.717, 1.165) is 23.4 Å². The van der Waals surface area contributed by atoms with Gasteiger partial charge in [-0.15, -0.1) is 0 Å². The molecule has 1 atom stereocenters. The molecule has 0 bridgehead atoms. The maximum absolute atomic E-state index is 12.8. The molecule has 0 saturated carbocycles. The molecule has 0 fully saturated rings. The average Bonchev–Trinajstić information content (AvgIpc) is 2.41. The largest absolute Gasteiger partial charge is 0.389 e. The second kappa shape index (κ2) is 6.43. The lowest BCUT2D eigenvalue weighted by atomic mass is 10.1. The zero-order chi connectivity index (χ0) is 14.5. The quantitative estimate of drug-likeness (QED) is 0.831. The Kier molecular flexibility index (Phi) is 4.63. The highest BCUT2D eigenvalue weighted by atomic mass is 32.1. The van der Waals surface area contributed by atoms with Crippen LogP contribution in [0.2, 0.25) is 0 Å². The van der Waals surface area contributed by atoms with Crippen LogP contribution in [-0.2, 0) is 6.42 Å². The fourth-order valence-electron chi connectivity index (χ4n) is 1.94. The van der Waals surface area contributed by atoms with Gasteiger partial charge in [0.1, 0.15) is 16.6 Å². The lowest BCUT2D eigenvalue weighted by Crippen LogP contribution is -2.19. The lowest BCUT2D eigenvalue weighted by Gasteiger charge is -2.15. The highest BCUT2D eigenvalue weighted by Crippen LogP contribution is 2.11. The van der Waals surface area contributed by atoms with Crippen LogP contribution < -0.4 is 11.1 Å². The molecule has 2 rings (SSSR count). The van der Waals surface area contributed by atoms with Crippen molar-refractivity contribution in [1.82, 2.24) is 4.98 Å². The van der Waals surface area contributed by atoms with Gasteiger partial charge in [0.15, 0.2) is 0 Å². The Labute approximate surface area is 123 Å². The molecule has 5 heteroatoms. The maximum atomic E-state index is 12.8. The molecule has 1 aromatic heterocycles. The Hall–Kier alpha value is -2.01. The number of rotatable bonds is 5. The molecule has 0 spiro atoms. The van der Waals surface area contributed by atoms with Crippen LogP contribution in [-0.4, -0.2) is 16.0 Å². The SMILES string of the molecule is CC(Cc1ccc(F)cc1)Nc1cc(C(N)=S)ccn1. The molecule has 0 amide bonds. The van der Waals surface area contributed by atoms with Crippen molar-refractivity contribution in [2.45, 2.75) is 19.4 Å². The van der Waals surface area contributed by atoms with Crippen LogP contribution in [0, 0.1) is 5.82 Å². The normalized spacial score (nSPS) is 11.9. The number of thiocarbonyl (C=S) groups is 1. The van der Waals surface area contributed by atoms with Crippen LogP contribution in [0.4, 0.5) is 10.2 Å². The Morgan fingerprint density at radius 2 is 2.05 bits per heavy atom. The number of nitrogens with one attached hydrogen (secondary N) is 1. The van der Waals surface area contributed by atoms with Crippen molar-refractivity contribution in [3.63, 3.8) is 0 Å². The van der Waals surface area contributed by atoms with Gasteiger partial charge >= 0.3 is 0 Å². The first-order valence-electron chi connectivity index (χ1n) is 6.31. The van der Waals surface area contributed by atoms with E-state index in [1.54, 1.807) is 24.4 Å². The summed E-state index contributed by atoms with van der Waals surface area (Å²) >= 11 is 4.94. The molecule has 3 N–H and O–H groups in total. The first-order valence-corrected chi connectivity index (χ1v) is 6.72. The predicted octanol–water partition coefficient (Wildman–Crippen LogP) is 2.90. The van der Waals surface area contributed by atoms with Gasteiger partial charge in [-0.25, -0.2) is 9.37 Å². The van der Waals surface area contributed by atoms with Crippen LogP contribution in [0.3, 0.4) is 0 Å². The van der Waals surface area contributed by atoms with Gasteiger partial charge in [0.25, 0.3) is 0 Å². The zero-order valence-corrected chi connectivity index (χ0v) is 12.0. The maximum Gasteiger partial charge on any atom is 0.126 e. The van der Waals surface area contributed by atoms with E-state index in [1.807, 2.05) is 13.0 Å². The van der Waals surface area contributed by atoms with Crippen LogP contribution in [0.25, 0.3) is 0 Å². The molecular weight excluding hydrogens is 273 g/mol. The van der Waals surface area contributed by atoms with E-state index >= 15 is 0 Å². The Morgan fingerprint density at radius 3 is 2.70 bits per heavy atom. The van der Waals surface area contributed by atoms with E-state index in [2.05, 4.69) is 10.3 Å². The predicted molar refractivity (Wildman–Crippen MR) is 83.3 cm³/mol. The Bertz CT molecular complexity index is 598. The van der Waals surface area contributed by atoms with Crippen molar-refractivity contribution in [3.05, 3.63) is 59.5 Å². The third-order valence-corrected chi connectivity index (χ3v) is 3.13. The van der Waals surface area contributed by atoms with Gasteiger partial charge < -0.3 is 11.1 Å². The molecule has 2 aromatic rings. The van der Waals surface area contributed by atoms with Gasteiger partial charge in [-0.1, -0.05) is 24.4 Å². The molecule has 0 aliphatic rings. The smallest absolute Gasteiger partial charge is 0.126 e. The van der Waals surface area contributed by atoms with Gasteiger partial charge in [-0.05, 0) is 43.2 Å². The van der Waals surface area contributed by atoms with Gasteiger partial charge in [0.2, 0.25) is 0 Å². The molecule has 3 nitrogen and oxygen atoms in total. The van der Waals surface area contributed by atoms with Crippen LogP contribution >= 0.6 is 12.2 Å². The van der Waals surface area contributed by atoms with E-state index in [-0.39, 0.29) is 11.9 Å². The molecule has 1 unspecified atom stereocenters. The number of pyridine rings is 1. The highest BCUT2D eigenvalue weighted by molar-refractivity contribution is 7.80. The molecule has 20 heavy (non-hydrogen) atoms. The number of halogens is 1. The summed E-state index contributed by atoms with van der Waals surface area (Å²) in [6, 6.07) is 10.3. The summed E-state index contributed by atoms with van der Waals surface area (Å²) in [4.78, 5) is 4.58. The van der Waals surface area contributed by atoms with Crippen LogP contribution in [0.5, 0.6) is 0 Å². The standard InChI is InChI=1S/C15H16FN3S/c1-10(8-11-2-4-13(16)5-3-11)19-14-9-12(15(17)20)6-7-18-14/h2-7,9-10H,8H2,1H3,(H2,17,20)(H,18,19). The van der Waals surface area contributed by atoms with Crippen molar-refractivity contribution in [1.29, 1.82) is 0 Å². The van der Waals surface area contributed by atoms with E-state index in [0.29, 0.717) is 4.99 Å². The number of nitrogens with zero attached hydrogens (tertiary/aromatic N) is 1. The van der Waals surface area contributed by atoms with Gasteiger partial charge in [-0.3, -0.25) is 0 Å². The molecule has 1 heterocycles. The van der Waals surface area contributed by atoms with E-state index in [1.165, 1.54) is 12.1 Å². The third-order valence-electron chi connectivity index (χ3n) is 2.89. The summed E-state index contributed by atoms with van der Waals surface area (Å²) in [6.07, 6.45) is 2.45. The third kappa shape index (κ3) is 3.99. The first-order chi connectivity index (χ1) is 9.54. The lowest BCUT2D eigenvalue weighted by molar-refractivity contribution is 0.626. The fourth-order valence-corrected chi connectivity index (χ4v) is 2.07. The molecular formula is C15H16FN3S. The Balaban J connectivity index is 2.00. The minimum absolute atomic E-state index is 0.162. The number of hydrogen-bond donors (Lipinski definition) is 2. The average molecular weight is 289 g/mol. The van der Waals surface area contributed by atoms with Crippen molar-refractivity contribution < 1.29 is 4.39 Å². The number of nitrogens with two attached hydrogens (primary N) is 1. The van der Waals surface area contributed by atoms with E-state index < -0.39 is 0 Å². The van der Waals surface area contributed by atoms with Crippen molar-refractivity contribution in [2.24, 2.45) is 5.73 Å². The number of benzene rings is 1. The Morgan fingerprint density at radius 1 is 1.35 bits per heavy atom. The van der Waals surface area contributed by atoms with Gasteiger partial charge in [0.05, 0.1) is 0 Å². The minimum atomic E-state index is -0.222. The second-order valence-corrected chi connectivity index (χ2v) is 5.11. The minimum Gasteiger partial charge on any atom is -0.389 e. The summed E-state index contributed by atoms with van der Waals surface area (Å²) in [5.74, 6) is 0.505. The van der Waals surface area contributed by atoms with Crippen molar-refractivity contribution in [2.75, 3.05) is 5.32 Å². The zero-order valence-electron chi connectivity index (χ0n) is 11.1. The van der Waals surface area contributed by atoms with Crippen molar-refractivity contribution in [3.8, 4) is 0 Å². The van der Waals surface area contributed by atoms with Crippen LogP contribution in [0.1, 0.15) is 18.1 Å².